The smallest absolute Gasteiger partial charge is 0.243 e. The lowest BCUT2D eigenvalue weighted by atomic mass is 10.2. The average molecular weight is 285 g/mol. The fourth-order valence-electron chi connectivity index (χ4n) is 1.83. The van der Waals surface area contributed by atoms with Crippen molar-refractivity contribution in [1.29, 1.82) is 0 Å². The van der Waals surface area contributed by atoms with Crippen molar-refractivity contribution in [2.75, 3.05) is 18.9 Å². The molecule has 0 aliphatic carbocycles. The molecule has 0 aliphatic heterocycles. The molecule has 1 N–H and O–H groups in total. The quantitative estimate of drug-likeness (QED) is 0.868. The lowest BCUT2D eigenvalue weighted by molar-refractivity contribution is -0.120. The molecule has 0 fully saturated rings. The van der Waals surface area contributed by atoms with Crippen LogP contribution in [0.4, 0.5) is 5.95 Å². The molecule has 0 unspecified atom stereocenters. The summed E-state index contributed by atoms with van der Waals surface area (Å²) < 4.78 is 0. The van der Waals surface area contributed by atoms with E-state index in [9.17, 15) is 4.79 Å². The molecule has 0 saturated heterocycles. The lowest BCUT2D eigenvalue weighted by Crippen LogP contribution is -2.40. The number of carbonyl (C=O) groups is 1. The second-order valence-corrected chi connectivity index (χ2v) is 4.82. The number of anilines is 1. The van der Waals surface area contributed by atoms with Gasteiger partial charge in [0.15, 0.2) is 0 Å². The third kappa shape index (κ3) is 4.61. The first kappa shape index (κ1) is 15.1. The molecule has 2 aromatic heterocycles. The zero-order chi connectivity index (χ0) is 15.1. The van der Waals surface area contributed by atoms with Gasteiger partial charge >= 0.3 is 0 Å². The predicted octanol–water partition coefficient (Wildman–Crippen LogP) is 1.37. The molecule has 2 heterocycles. The number of hydrogen-bond acceptors (Lipinski definition) is 5. The first-order valence-corrected chi connectivity index (χ1v) is 6.84. The van der Waals surface area contributed by atoms with Crippen LogP contribution in [-0.4, -0.2) is 45.4 Å². The van der Waals surface area contributed by atoms with Gasteiger partial charge in [-0.05, 0) is 44.2 Å². The van der Waals surface area contributed by atoms with Crippen LogP contribution in [-0.2, 0) is 11.2 Å². The Bertz CT molecular complexity index is 561. The molecule has 2 rings (SSSR count). The SMILES string of the molecule is C[C@H](C(=O)Nc1ncccn1)N(C)CCc1ccncc1. The number of aromatic nitrogens is 3. The van der Waals surface area contributed by atoms with Crippen LogP contribution in [0.15, 0.2) is 43.0 Å². The number of likely N-dealkylation sites (N-methyl/N-ethyl adjacent to an activating group) is 1. The highest BCUT2D eigenvalue weighted by Gasteiger charge is 2.18. The standard InChI is InChI=1S/C15H19N5O/c1-12(14(21)19-15-17-7-3-8-18-15)20(2)11-6-13-4-9-16-10-5-13/h3-5,7-10,12H,6,11H2,1-2H3,(H,17,18,19,21)/t12-/m1/s1. The monoisotopic (exact) mass is 285 g/mol. The molecule has 6 nitrogen and oxygen atoms in total. The topological polar surface area (TPSA) is 71.0 Å². The first-order chi connectivity index (χ1) is 10.2. The number of nitrogens with one attached hydrogen (secondary N) is 1. The van der Waals surface area contributed by atoms with E-state index in [0.717, 1.165) is 13.0 Å². The Kier molecular flexibility index (Phi) is 5.34. The third-order valence-electron chi connectivity index (χ3n) is 3.34. The summed E-state index contributed by atoms with van der Waals surface area (Å²) in [6.07, 6.45) is 7.62. The van der Waals surface area contributed by atoms with E-state index < -0.39 is 0 Å². The van der Waals surface area contributed by atoms with Gasteiger partial charge in [0.25, 0.3) is 0 Å². The summed E-state index contributed by atoms with van der Waals surface area (Å²) >= 11 is 0. The van der Waals surface area contributed by atoms with Gasteiger partial charge < -0.3 is 0 Å². The van der Waals surface area contributed by atoms with Gasteiger partial charge in [-0.1, -0.05) is 0 Å². The van der Waals surface area contributed by atoms with E-state index in [-0.39, 0.29) is 11.9 Å². The maximum absolute atomic E-state index is 12.1. The summed E-state index contributed by atoms with van der Waals surface area (Å²) in [5.41, 5.74) is 1.20. The Balaban J connectivity index is 1.84. The highest BCUT2D eigenvalue weighted by atomic mass is 16.2. The number of nitrogens with zero attached hydrogens (tertiary/aromatic N) is 4. The number of amides is 1. The largest absolute Gasteiger partial charge is 0.295 e. The Labute approximate surface area is 124 Å². The summed E-state index contributed by atoms with van der Waals surface area (Å²) in [5.74, 6) is 0.218. The van der Waals surface area contributed by atoms with E-state index in [4.69, 9.17) is 0 Å². The van der Waals surface area contributed by atoms with E-state index in [1.54, 1.807) is 30.9 Å². The Morgan fingerprint density at radius 1 is 1.24 bits per heavy atom. The lowest BCUT2D eigenvalue weighted by Gasteiger charge is -2.23. The minimum atomic E-state index is -0.254. The predicted molar refractivity (Wildman–Crippen MR) is 80.7 cm³/mol. The normalized spacial score (nSPS) is 12.1. The minimum absolute atomic E-state index is 0.113. The van der Waals surface area contributed by atoms with Gasteiger partial charge in [0.2, 0.25) is 11.9 Å². The maximum Gasteiger partial charge on any atom is 0.243 e. The van der Waals surface area contributed by atoms with Gasteiger partial charge in [-0.3, -0.25) is 20.0 Å². The van der Waals surface area contributed by atoms with Crippen LogP contribution in [0, 0.1) is 0 Å². The molecular formula is C15H19N5O. The molecule has 0 bridgehead atoms. The van der Waals surface area contributed by atoms with E-state index in [1.165, 1.54) is 5.56 Å². The van der Waals surface area contributed by atoms with Crippen molar-refractivity contribution in [3.63, 3.8) is 0 Å². The number of carbonyl (C=O) groups excluding carboxylic acids is 1. The Hall–Kier alpha value is -2.34. The van der Waals surface area contributed by atoms with Crippen molar-refractivity contribution in [2.45, 2.75) is 19.4 Å². The Morgan fingerprint density at radius 2 is 1.90 bits per heavy atom. The van der Waals surface area contributed by atoms with Crippen molar-refractivity contribution < 1.29 is 4.79 Å². The number of pyridine rings is 1. The molecule has 0 spiro atoms. The summed E-state index contributed by atoms with van der Waals surface area (Å²) in [4.78, 5) is 26.1. The van der Waals surface area contributed by atoms with Gasteiger partial charge in [0.1, 0.15) is 0 Å². The molecule has 0 aliphatic rings. The second kappa shape index (κ2) is 7.44. The average Bonchev–Trinajstić information content (AvgIpc) is 2.53. The molecule has 6 heteroatoms. The van der Waals surface area contributed by atoms with Crippen molar-refractivity contribution in [1.82, 2.24) is 19.9 Å². The van der Waals surface area contributed by atoms with Gasteiger partial charge in [0.05, 0.1) is 6.04 Å². The molecule has 0 aromatic carbocycles. The van der Waals surface area contributed by atoms with E-state index >= 15 is 0 Å². The fraction of sp³-hybridized carbons (Fsp3) is 0.333. The van der Waals surface area contributed by atoms with Gasteiger partial charge in [-0.2, -0.15) is 0 Å². The van der Waals surface area contributed by atoms with E-state index in [2.05, 4.69) is 20.3 Å². The van der Waals surface area contributed by atoms with Gasteiger partial charge in [-0.25, -0.2) is 9.97 Å². The highest BCUT2D eigenvalue weighted by Crippen LogP contribution is 2.04. The van der Waals surface area contributed by atoms with E-state index in [0.29, 0.717) is 5.95 Å². The summed E-state index contributed by atoms with van der Waals surface area (Å²) in [6, 6.07) is 5.42. The van der Waals surface area contributed by atoms with Crippen LogP contribution >= 0.6 is 0 Å². The number of rotatable bonds is 6. The Morgan fingerprint density at radius 3 is 2.57 bits per heavy atom. The highest BCUT2D eigenvalue weighted by molar-refractivity contribution is 5.92. The maximum atomic E-state index is 12.1. The molecule has 2 aromatic rings. The van der Waals surface area contributed by atoms with Crippen LogP contribution in [0.5, 0.6) is 0 Å². The molecule has 21 heavy (non-hydrogen) atoms. The van der Waals surface area contributed by atoms with Crippen molar-refractivity contribution in [3.8, 4) is 0 Å². The molecule has 1 amide bonds. The zero-order valence-corrected chi connectivity index (χ0v) is 12.2. The minimum Gasteiger partial charge on any atom is -0.295 e. The van der Waals surface area contributed by atoms with Crippen LogP contribution in [0.1, 0.15) is 12.5 Å². The van der Waals surface area contributed by atoms with E-state index in [1.807, 2.05) is 31.0 Å². The number of hydrogen-bond donors (Lipinski definition) is 1. The van der Waals surface area contributed by atoms with Crippen LogP contribution in [0.25, 0.3) is 0 Å². The van der Waals surface area contributed by atoms with Gasteiger partial charge in [-0.15, -0.1) is 0 Å². The molecule has 1 atom stereocenters. The summed E-state index contributed by atoms with van der Waals surface area (Å²) in [7, 11) is 1.93. The molecule has 110 valence electrons. The zero-order valence-electron chi connectivity index (χ0n) is 12.2. The van der Waals surface area contributed by atoms with Crippen molar-refractivity contribution in [2.24, 2.45) is 0 Å². The second-order valence-electron chi connectivity index (χ2n) is 4.82. The molecule has 0 radical (unpaired) electrons. The fourth-order valence-corrected chi connectivity index (χ4v) is 1.83. The first-order valence-electron chi connectivity index (χ1n) is 6.84. The van der Waals surface area contributed by atoms with Crippen molar-refractivity contribution in [3.05, 3.63) is 48.5 Å². The third-order valence-corrected chi connectivity index (χ3v) is 3.34. The van der Waals surface area contributed by atoms with Crippen LogP contribution < -0.4 is 5.32 Å². The summed E-state index contributed by atoms with van der Waals surface area (Å²) in [5, 5.41) is 2.71. The summed E-state index contributed by atoms with van der Waals surface area (Å²) in [6.45, 7) is 2.65. The molecule has 0 saturated carbocycles. The van der Waals surface area contributed by atoms with Crippen molar-refractivity contribution >= 4 is 11.9 Å². The van der Waals surface area contributed by atoms with Gasteiger partial charge in [0, 0.05) is 31.3 Å². The van der Waals surface area contributed by atoms with Crippen LogP contribution in [0.3, 0.4) is 0 Å². The van der Waals surface area contributed by atoms with Crippen LogP contribution in [0.2, 0.25) is 0 Å². The molecular weight excluding hydrogens is 266 g/mol.